The SMILES string of the molecule is COc1ccccc1N(CCC(N)=O)C(=O)CN1CCNCC1.Cl.Cl. The molecule has 2 amide bonds. The summed E-state index contributed by atoms with van der Waals surface area (Å²) in [6, 6.07) is 7.29. The van der Waals surface area contributed by atoms with Crippen LogP contribution in [0, 0.1) is 0 Å². The molecule has 1 aliphatic heterocycles. The summed E-state index contributed by atoms with van der Waals surface area (Å²) < 4.78 is 5.34. The van der Waals surface area contributed by atoms with E-state index in [4.69, 9.17) is 10.5 Å². The summed E-state index contributed by atoms with van der Waals surface area (Å²) in [7, 11) is 1.56. The number of hydrogen-bond acceptors (Lipinski definition) is 5. The minimum Gasteiger partial charge on any atom is -0.495 e. The van der Waals surface area contributed by atoms with Crippen molar-refractivity contribution in [1.29, 1.82) is 0 Å². The number of nitrogens with zero attached hydrogens (tertiary/aromatic N) is 2. The van der Waals surface area contributed by atoms with E-state index in [0.717, 1.165) is 26.2 Å². The lowest BCUT2D eigenvalue weighted by atomic mass is 10.2. The maximum absolute atomic E-state index is 12.7. The van der Waals surface area contributed by atoms with E-state index in [1.54, 1.807) is 18.1 Å². The number of hydrogen-bond donors (Lipinski definition) is 2. The average molecular weight is 393 g/mol. The number of halogens is 2. The number of rotatable bonds is 7. The van der Waals surface area contributed by atoms with Crippen molar-refractivity contribution >= 4 is 42.3 Å². The number of anilines is 1. The highest BCUT2D eigenvalue weighted by molar-refractivity contribution is 5.96. The first-order valence-corrected chi connectivity index (χ1v) is 7.76. The number of ether oxygens (including phenoxy) is 1. The summed E-state index contributed by atoms with van der Waals surface area (Å²) in [6.45, 7) is 3.99. The Morgan fingerprint density at radius 1 is 1.24 bits per heavy atom. The highest BCUT2D eigenvalue weighted by atomic mass is 35.5. The molecule has 0 radical (unpaired) electrons. The van der Waals surface area contributed by atoms with Gasteiger partial charge in [-0.25, -0.2) is 0 Å². The number of nitrogens with one attached hydrogen (secondary N) is 1. The van der Waals surface area contributed by atoms with E-state index < -0.39 is 5.91 Å². The molecule has 1 saturated heterocycles. The monoisotopic (exact) mass is 392 g/mol. The van der Waals surface area contributed by atoms with Gasteiger partial charge in [0, 0.05) is 39.1 Å². The fraction of sp³-hybridized carbons (Fsp3) is 0.500. The van der Waals surface area contributed by atoms with Crippen LogP contribution in [-0.4, -0.2) is 63.1 Å². The van der Waals surface area contributed by atoms with Gasteiger partial charge in [0.15, 0.2) is 0 Å². The van der Waals surface area contributed by atoms with Crippen LogP contribution in [-0.2, 0) is 9.59 Å². The van der Waals surface area contributed by atoms with Crippen LogP contribution in [0.5, 0.6) is 5.75 Å². The van der Waals surface area contributed by atoms with Crippen LogP contribution >= 0.6 is 24.8 Å². The Bertz CT molecular complexity index is 554. The summed E-state index contributed by atoms with van der Waals surface area (Å²) in [5.74, 6) is 0.114. The van der Waals surface area contributed by atoms with Crippen LogP contribution in [0.2, 0.25) is 0 Å². The lowest BCUT2D eigenvalue weighted by Crippen LogP contribution is -2.49. The standard InChI is InChI=1S/C16H24N4O3.2ClH/c1-23-14-5-3-2-4-13(14)20(9-6-15(17)21)16(22)12-19-10-7-18-8-11-19;;/h2-5,18H,6-12H2,1H3,(H2,17,21);2*1H. The van der Waals surface area contributed by atoms with Crippen LogP contribution in [0.25, 0.3) is 0 Å². The maximum Gasteiger partial charge on any atom is 0.241 e. The van der Waals surface area contributed by atoms with Crippen molar-refractivity contribution in [3.8, 4) is 5.75 Å². The highest BCUT2D eigenvalue weighted by Crippen LogP contribution is 2.28. The Balaban J connectivity index is 0.00000288. The van der Waals surface area contributed by atoms with Gasteiger partial charge in [-0.05, 0) is 12.1 Å². The molecule has 0 saturated carbocycles. The Labute approximate surface area is 160 Å². The number of carbonyl (C=O) groups excluding carboxylic acids is 2. The van der Waals surface area contributed by atoms with E-state index in [1.165, 1.54) is 0 Å². The van der Waals surface area contributed by atoms with Gasteiger partial charge in [0.2, 0.25) is 11.8 Å². The van der Waals surface area contributed by atoms with Crippen molar-refractivity contribution < 1.29 is 14.3 Å². The number of piperazine rings is 1. The van der Waals surface area contributed by atoms with Gasteiger partial charge < -0.3 is 20.7 Å². The Morgan fingerprint density at radius 3 is 2.48 bits per heavy atom. The van der Waals surface area contributed by atoms with Crippen LogP contribution in [0.1, 0.15) is 6.42 Å². The van der Waals surface area contributed by atoms with Crippen molar-refractivity contribution in [2.75, 3.05) is 51.3 Å². The van der Waals surface area contributed by atoms with Crippen molar-refractivity contribution in [1.82, 2.24) is 10.2 Å². The molecule has 2 rings (SSSR count). The predicted octanol–water partition coefficient (Wildman–Crippen LogP) is 0.652. The number of primary amides is 1. The van der Waals surface area contributed by atoms with Gasteiger partial charge in [0.1, 0.15) is 5.75 Å². The van der Waals surface area contributed by atoms with Gasteiger partial charge in [-0.1, -0.05) is 12.1 Å². The number of benzene rings is 1. The molecule has 0 unspecified atom stereocenters. The number of carbonyl (C=O) groups is 2. The first-order valence-electron chi connectivity index (χ1n) is 7.76. The Hall–Kier alpha value is -1.54. The summed E-state index contributed by atoms with van der Waals surface area (Å²) in [5, 5.41) is 3.26. The van der Waals surface area contributed by atoms with Gasteiger partial charge in [0.05, 0.1) is 19.3 Å². The molecule has 0 aromatic heterocycles. The fourth-order valence-corrected chi connectivity index (χ4v) is 2.60. The summed E-state index contributed by atoms with van der Waals surface area (Å²) in [4.78, 5) is 27.6. The fourth-order valence-electron chi connectivity index (χ4n) is 2.60. The van der Waals surface area contributed by atoms with E-state index in [1.807, 2.05) is 18.2 Å². The summed E-state index contributed by atoms with van der Waals surface area (Å²) in [5.41, 5.74) is 5.91. The number of methoxy groups -OCH3 is 1. The lowest BCUT2D eigenvalue weighted by molar-refractivity contribution is -0.120. The minimum atomic E-state index is -0.431. The van der Waals surface area contributed by atoms with Crippen molar-refractivity contribution in [3.05, 3.63) is 24.3 Å². The van der Waals surface area contributed by atoms with Gasteiger partial charge in [-0.2, -0.15) is 0 Å². The number of amides is 2. The van der Waals surface area contributed by atoms with E-state index >= 15 is 0 Å². The molecule has 1 heterocycles. The second-order valence-electron chi connectivity index (χ2n) is 5.46. The second-order valence-corrected chi connectivity index (χ2v) is 5.46. The zero-order valence-electron chi connectivity index (χ0n) is 14.3. The molecule has 0 atom stereocenters. The number of nitrogens with two attached hydrogens (primary N) is 1. The molecule has 9 heteroatoms. The molecule has 1 aromatic carbocycles. The van der Waals surface area contributed by atoms with E-state index in [-0.39, 0.29) is 43.7 Å². The molecule has 0 spiro atoms. The Morgan fingerprint density at radius 2 is 1.88 bits per heavy atom. The normalized spacial score (nSPS) is 14.0. The lowest BCUT2D eigenvalue weighted by Gasteiger charge is -2.30. The van der Waals surface area contributed by atoms with E-state index in [0.29, 0.717) is 18.0 Å². The molecule has 25 heavy (non-hydrogen) atoms. The van der Waals surface area contributed by atoms with Gasteiger partial charge in [-0.3, -0.25) is 14.5 Å². The third kappa shape index (κ3) is 7.07. The smallest absolute Gasteiger partial charge is 0.241 e. The molecular weight excluding hydrogens is 367 g/mol. The molecule has 1 fully saturated rings. The molecule has 1 aliphatic rings. The zero-order chi connectivity index (χ0) is 16.7. The molecule has 0 bridgehead atoms. The zero-order valence-corrected chi connectivity index (χ0v) is 15.9. The topological polar surface area (TPSA) is 87.9 Å². The summed E-state index contributed by atoms with van der Waals surface area (Å²) >= 11 is 0. The van der Waals surface area contributed by atoms with Crippen LogP contribution < -0.4 is 20.7 Å². The molecule has 142 valence electrons. The van der Waals surface area contributed by atoms with Crippen LogP contribution in [0.3, 0.4) is 0 Å². The third-order valence-electron chi connectivity index (χ3n) is 3.83. The molecule has 0 aliphatic carbocycles. The average Bonchev–Trinajstić information content (AvgIpc) is 2.56. The van der Waals surface area contributed by atoms with E-state index in [2.05, 4.69) is 10.2 Å². The quantitative estimate of drug-likeness (QED) is 0.711. The second kappa shape index (κ2) is 11.9. The molecule has 3 N–H and O–H groups in total. The third-order valence-corrected chi connectivity index (χ3v) is 3.83. The molecular formula is C16H26Cl2N4O3. The van der Waals surface area contributed by atoms with Gasteiger partial charge >= 0.3 is 0 Å². The van der Waals surface area contributed by atoms with Crippen molar-refractivity contribution in [2.45, 2.75) is 6.42 Å². The highest BCUT2D eigenvalue weighted by Gasteiger charge is 2.22. The van der Waals surface area contributed by atoms with Crippen molar-refractivity contribution in [2.24, 2.45) is 5.73 Å². The summed E-state index contributed by atoms with van der Waals surface area (Å²) in [6.07, 6.45) is 0.116. The predicted molar refractivity (Wildman–Crippen MR) is 103 cm³/mol. The Kier molecular flexibility index (Phi) is 11.2. The van der Waals surface area contributed by atoms with Gasteiger partial charge in [0.25, 0.3) is 0 Å². The molecule has 1 aromatic rings. The first-order chi connectivity index (χ1) is 11.1. The molecule has 7 nitrogen and oxygen atoms in total. The van der Waals surface area contributed by atoms with Crippen LogP contribution in [0.15, 0.2) is 24.3 Å². The largest absolute Gasteiger partial charge is 0.495 e. The minimum absolute atomic E-state index is 0. The van der Waals surface area contributed by atoms with E-state index in [9.17, 15) is 9.59 Å². The van der Waals surface area contributed by atoms with Crippen molar-refractivity contribution in [3.63, 3.8) is 0 Å². The number of para-hydroxylation sites is 2. The van der Waals surface area contributed by atoms with Crippen LogP contribution in [0.4, 0.5) is 5.69 Å². The maximum atomic E-state index is 12.7. The first kappa shape index (κ1) is 23.5. The van der Waals surface area contributed by atoms with Gasteiger partial charge in [-0.15, -0.1) is 24.8 Å².